The molecule has 5 rings (SSSR count). The molecular weight excluding hydrogens is 424 g/mol. The number of imidazole rings is 1. The molecule has 0 aliphatic carbocycles. The van der Waals surface area contributed by atoms with Crippen LogP contribution in [0.5, 0.6) is 0 Å². The number of piperidine rings is 1. The fourth-order valence-electron chi connectivity index (χ4n) is 4.76. The van der Waals surface area contributed by atoms with Gasteiger partial charge >= 0.3 is 0 Å². The van der Waals surface area contributed by atoms with Gasteiger partial charge < -0.3 is 19.7 Å². The van der Waals surface area contributed by atoms with E-state index in [-0.39, 0.29) is 7.43 Å². The molecule has 2 aromatic heterocycles. The van der Waals surface area contributed by atoms with Gasteiger partial charge in [0, 0.05) is 17.2 Å². The third kappa shape index (κ3) is 4.29. The van der Waals surface area contributed by atoms with Gasteiger partial charge in [-0.3, -0.25) is 0 Å². The molecule has 2 aromatic carbocycles. The summed E-state index contributed by atoms with van der Waals surface area (Å²) in [4.78, 5) is 10.8. The molecule has 1 aliphatic heterocycles. The molecule has 0 radical (unpaired) electrons. The van der Waals surface area contributed by atoms with E-state index < -0.39 is 0 Å². The van der Waals surface area contributed by atoms with Crippen molar-refractivity contribution in [1.82, 2.24) is 20.0 Å². The van der Waals surface area contributed by atoms with Gasteiger partial charge in [0.1, 0.15) is 5.76 Å². The van der Waals surface area contributed by atoms with Crippen molar-refractivity contribution >= 4 is 17.0 Å². The highest BCUT2D eigenvalue weighted by Gasteiger charge is 2.21. The van der Waals surface area contributed by atoms with Crippen molar-refractivity contribution in [1.29, 1.82) is 5.26 Å². The normalized spacial score (nSPS) is 14.7. The molecule has 7 heteroatoms. The second kappa shape index (κ2) is 9.32. The molecule has 7 nitrogen and oxygen atoms in total. The lowest BCUT2D eigenvalue weighted by atomic mass is 9.93. The van der Waals surface area contributed by atoms with Gasteiger partial charge in [0.15, 0.2) is 0 Å². The van der Waals surface area contributed by atoms with Crippen LogP contribution in [-0.4, -0.2) is 46.2 Å². The molecule has 1 saturated heterocycles. The minimum absolute atomic E-state index is 0. The van der Waals surface area contributed by atoms with Gasteiger partial charge in [0.05, 0.1) is 28.4 Å². The molecule has 0 amide bonds. The Morgan fingerprint density at radius 3 is 2.56 bits per heavy atom. The Morgan fingerprint density at radius 2 is 1.88 bits per heavy atom. The maximum absolute atomic E-state index is 9.49. The van der Waals surface area contributed by atoms with E-state index in [4.69, 9.17) is 9.51 Å². The fraction of sp³-hybridized carbons (Fsp3) is 0.370. The number of aryl methyl sites for hydroxylation is 3. The van der Waals surface area contributed by atoms with Gasteiger partial charge in [-0.1, -0.05) is 18.6 Å². The number of anilines is 1. The molecule has 0 saturated carbocycles. The van der Waals surface area contributed by atoms with Crippen LogP contribution in [0, 0.1) is 32.1 Å². The Kier molecular flexibility index (Phi) is 6.45. The summed E-state index contributed by atoms with van der Waals surface area (Å²) in [6.07, 6.45) is 2.18. The van der Waals surface area contributed by atoms with Crippen LogP contribution in [0.2, 0.25) is 0 Å². The zero-order valence-electron chi connectivity index (χ0n) is 19.5. The number of aromatic amines is 1. The van der Waals surface area contributed by atoms with Gasteiger partial charge in [-0.25, -0.2) is 4.98 Å². The van der Waals surface area contributed by atoms with Gasteiger partial charge in [0.2, 0.25) is 5.95 Å². The van der Waals surface area contributed by atoms with Crippen molar-refractivity contribution in [3.63, 3.8) is 0 Å². The van der Waals surface area contributed by atoms with Gasteiger partial charge in [-0.05, 0) is 94.7 Å². The number of nitrogens with one attached hydrogen (secondary N) is 2. The van der Waals surface area contributed by atoms with Crippen molar-refractivity contribution < 1.29 is 4.52 Å². The third-order valence-electron chi connectivity index (χ3n) is 6.62. The highest BCUT2D eigenvalue weighted by Crippen LogP contribution is 2.37. The van der Waals surface area contributed by atoms with E-state index in [2.05, 4.69) is 52.5 Å². The number of aromatic nitrogens is 3. The SMILES string of the molecule is C.Cc1ccc(C#N)cc1-c1cc(-c2c(C)noc2C)cc2[nH]c(NC3CCN(C)CC3)nc12. The second-order valence-corrected chi connectivity index (χ2v) is 9.07. The summed E-state index contributed by atoms with van der Waals surface area (Å²) in [5, 5.41) is 17.2. The van der Waals surface area contributed by atoms with Crippen LogP contribution in [0.3, 0.4) is 0 Å². The summed E-state index contributed by atoms with van der Waals surface area (Å²) < 4.78 is 5.45. The van der Waals surface area contributed by atoms with E-state index in [9.17, 15) is 5.26 Å². The Bertz CT molecular complexity index is 1350. The van der Waals surface area contributed by atoms with Gasteiger partial charge in [-0.15, -0.1) is 0 Å². The number of rotatable bonds is 4. The average Bonchev–Trinajstić information content (AvgIpc) is 3.37. The highest BCUT2D eigenvalue weighted by molar-refractivity contribution is 5.98. The Labute approximate surface area is 200 Å². The van der Waals surface area contributed by atoms with E-state index in [0.717, 1.165) is 82.2 Å². The quantitative estimate of drug-likeness (QED) is 0.402. The lowest BCUT2D eigenvalue weighted by Crippen LogP contribution is -2.36. The number of fused-ring (bicyclic) bond motifs is 1. The minimum atomic E-state index is 0. The van der Waals surface area contributed by atoms with Crippen molar-refractivity contribution in [2.24, 2.45) is 0 Å². The largest absolute Gasteiger partial charge is 0.361 e. The van der Waals surface area contributed by atoms with Crippen LogP contribution in [0.25, 0.3) is 33.3 Å². The molecule has 1 aliphatic rings. The van der Waals surface area contributed by atoms with Crippen LogP contribution >= 0.6 is 0 Å². The number of hydrogen-bond donors (Lipinski definition) is 2. The van der Waals surface area contributed by atoms with Crippen LogP contribution in [-0.2, 0) is 0 Å². The number of hydrogen-bond acceptors (Lipinski definition) is 6. The van der Waals surface area contributed by atoms with Crippen LogP contribution in [0.4, 0.5) is 5.95 Å². The maximum atomic E-state index is 9.49. The zero-order valence-corrected chi connectivity index (χ0v) is 19.5. The molecule has 0 unspecified atom stereocenters. The summed E-state index contributed by atoms with van der Waals surface area (Å²) in [6.45, 7) is 8.12. The zero-order chi connectivity index (χ0) is 23.1. The van der Waals surface area contributed by atoms with E-state index in [0.29, 0.717) is 11.6 Å². The summed E-state index contributed by atoms with van der Waals surface area (Å²) in [5.74, 6) is 1.57. The Balaban J connectivity index is 0.00000274. The maximum Gasteiger partial charge on any atom is 0.201 e. The Hall–Kier alpha value is -3.63. The van der Waals surface area contributed by atoms with Gasteiger partial charge in [-0.2, -0.15) is 5.26 Å². The second-order valence-electron chi connectivity index (χ2n) is 9.07. The molecule has 0 spiro atoms. The first-order valence-corrected chi connectivity index (χ1v) is 11.4. The number of benzene rings is 2. The standard InChI is InChI=1S/C26H28N6O.CH4/c1-15-5-6-18(14-27)11-21(15)22-12-19(24-16(2)31-33-17(24)3)13-23-25(22)30-26(29-23)28-20-7-9-32(4)10-8-20;/h5-6,11-13,20H,7-10H2,1-4H3,(H2,28,29,30);1H4. The third-order valence-corrected chi connectivity index (χ3v) is 6.62. The van der Waals surface area contributed by atoms with Crippen molar-refractivity contribution in [3.8, 4) is 28.3 Å². The molecule has 0 bridgehead atoms. The average molecular weight is 457 g/mol. The molecule has 2 N–H and O–H groups in total. The highest BCUT2D eigenvalue weighted by atomic mass is 16.5. The fourth-order valence-corrected chi connectivity index (χ4v) is 4.76. The van der Waals surface area contributed by atoms with Crippen molar-refractivity contribution in [3.05, 3.63) is 52.9 Å². The van der Waals surface area contributed by atoms with Crippen LogP contribution < -0.4 is 5.32 Å². The van der Waals surface area contributed by atoms with Crippen molar-refractivity contribution in [2.75, 3.05) is 25.5 Å². The summed E-state index contributed by atoms with van der Waals surface area (Å²) in [7, 11) is 2.16. The predicted molar refractivity (Wildman–Crippen MR) is 137 cm³/mol. The van der Waals surface area contributed by atoms with E-state index in [1.165, 1.54) is 0 Å². The minimum Gasteiger partial charge on any atom is -0.361 e. The summed E-state index contributed by atoms with van der Waals surface area (Å²) in [5.41, 5.74) is 8.42. The lowest BCUT2D eigenvalue weighted by Gasteiger charge is -2.29. The molecule has 4 aromatic rings. The first-order chi connectivity index (χ1) is 15.9. The molecule has 0 atom stereocenters. The first-order valence-electron chi connectivity index (χ1n) is 11.4. The summed E-state index contributed by atoms with van der Waals surface area (Å²) >= 11 is 0. The monoisotopic (exact) mass is 456 g/mol. The number of H-pyrrole nitrogens is 1. The molecule has 3 heterocycles. The number of nitrogens with zero attached hydrogens (tertiary/aromatic N) is 4. The van der Waals surface area contributed by atoms with Gasteiger partial charge in [0.25, 0.3) is 0 Å². The molecule has 176 valence electrons. The smallest absolute Gasteiger partial charge is 0.201 e. The molecule has 34 heavy (non-hydrogen) atoms. The van der Waals surface area contributed by atoms with Crippen molar-refractivity contribution in [2.45, 2.75) is 47.1 Å². The van der Waals surface area contributed by atoms with E-state index in [1.54, 1.807) is 0 Å². The van der Waals surface area contributed by atoms with E-state index in [1.807, 2.05) is 32.0 Å². The summed E-state index contributed by atoms with van der Waals surface area (Å²) in [6, 6.07) is 12.7. The van der Waals surface area contributed by atoms with Crippen LogP contribution in [0.1, 0.15) is 42.8 Å². The molecule has 1 fully saturated rings. The number of nitriles is 1. The Morgan fingerprint density at radius 1 is 1.12 bits per heavy atom. The topological polar surface area (TPSA) is 93.8 Å². The predicted octanol–water partition coefficient (Wildman–Crippen LogP) is 5.82. The number of likely N-dealkylation sites (tertiary alicyclic amines) is 1. The lowest BCUT2D eigenvalue weighted by molar-refractivity contribution is 0.263. The first kappa shape index (κ1) is 23.5. The van der Waals surface area contributed by atoms with E-state index >= 15 is 0 Å². The van der Waals surface area contributed by atoms with Crippen LogP contribution in [0.15, 0.2) is 34.9 Å². The molecular formula is C27H32N6O.